The molecular formula is C20H22ClN3O4. The van der Waals surface area contributed by atoms with Crippen LogP contribution in [0.1, 0.15) is 18.9 Å². The minimum Gasteiger partial charge on any atom is -0.486 e. The van der Waals surface area contributed by atoms with Gasteiger partial charge < -0.3 is 25.4 Å². The number of carbonyl (C=O) groups is 2. The Morgan fingerprint density at radius 1 is 1.00 bits per heavy atom. The normalized spacial score (nSPS) is 12.2. The summed E-state index contributed by atoms with van der Waals surface area (Å²) in [6.07, 6.45) is 0.398. The second kappa shape index (κ2) is 8.84. The van der Waals surface area contributed by atoms with Gasteiger partial charge in [0.25, 0.3) is 0 Å². The number of nitrogens with one attached hydrogen (secondary N) is 3. The van der Waals surface area contributed by atoms with E-state index in [9.17, 15) is 9.59 Å². The van der Waals surface area contributed by atoms with Crippen molar-refractivity contribution in [2.45, 2.75) is 20.3 Å². The second-order valence-electron chi connectivity index (χ2n) is 6.31. The molecule has 0 atom stereocenters. The van der Waals surface area contributed by atoms with Gasteiger partial charge >= 0.3 is 0 Å². The third-order valence-electron chi connectivity index (χ3n) is 4.19. The van der Waals surface area contributed by atoms with Gasteiger partial charge in [0, 0.05) is 29.9 Å². The van der Waals surface area contributed by atoms with Crippen LogP contribution in [0.25, 0.3) is 0 Å². The first-order chi connectivity index (χ1) is 13.5. The zero-order valence-corrected chi connectivity index (χ0v) is 16.5. The highest BCUT2D eigenvalue weighted by molar-refractivity contribution is 6.34. The molecule has 0 saturated heterocycles. The quantitative estimate of drug-likeness (QED) is 0.682. The SMILES string of the molecule is CCC(=O)Nc1ccc(C)c(NCC(=O)Nc2cc3c(cc2Cl)OCCO3)c1. The van der Waals surface area contributed by atoms with Gasteiger partial charge in [-0.05, 0) is 24.6 Å². The molecule has 28 heavy (non-hydrogen) atoms. The van der Waals surface area contributed by atoms with Gasteiger partial charge in [0.15, 0.2) is 11.5 Å². The Kier molecular flexibility index (Phi) is 6.26. The summed E-state index contributed by atoms with van der Waals surface area (Å²) in [5, 5.41) is 9.02. The lowest BCUT2D eigenvalue weighted by molar-refractivity contribution is -0.116. The molecule has 0 aromatic heterocycles. The fourth-order valence-electron chi connectivity index (χ4n) is 2.67. The van der Waals surface area contributed by atoms with Crippen LogP contribution in [0.4, 0.5) is 17.1 Å². The summed E-state index contributed by atoms with van der Waals surface area (Å²) >= 11 is 6.22. The number of fused-ring (bicyclic) bond motifs is 1. The smallest absolute Gasteiger partial charge is 0.243 e. The number of halogens is 1. The largest absolute Gasteiger partial charge is 0.486 e. The van der Waals surface area contributed by atoms with Crippen molar-refractivity contribution in [3.63, 3.8) is 0 Å². The van der Waals surface area contributed by atoms with Crippen LogP contribution in [-0.2, 0) is 9.59 Å². The number of ether oxygens (including phenoxy) is 2. The van der Waals surface area contributed by atoms with Crippen LogP contribution < -0.4 is 25.4 Å². The zero-order valence-electron chi connectivity index (χ0n) is 15.7. The monoisotopic (exact) mass is 403 g/mol. The number of rotatable bonds is 6. The number of hydrogen-bond donors (Lipinski definition) is 3. The van der Waals surface area contributed by atoms with Crippen molar-refractivity contribution in [1.82, 2.24) is 0 Å². The van der Waals surface area contributed by atoms with Crippen molar-refractivity contribution >= 4 is 40.5 Å². The lowest BCUT2D eigenvalue weighted by Gasteiger charge is -2.20. The minimum atomic E-state index is -0.263. The molecule has 2 amide bonds. The van der Waals surface area contributed by atoms with Gasteiger partial charge in [-0.3, -0.25) is 9.59 Å². The standard InChI is InChI=1S/C20H22ClN3O4/c1-3-19(25)23-13-5-4-12(2)15(8-13)22-11-20(26)24-16-10-18-17(9-14(16)21)27-6-7-28-18/h4-5,8-10,22H,3,6-7,11H2,1-2H3,(H,23,25)(H,24,26). The summed E-state index contributed by atoms with van der Waals surface area (Å²) in [6, 6.07) is 8.78. The first kappa shape index (κ1) is 19.8. The van der Waals surface area contributed by atoms with Crippen molar-refractivity contribution in [3.8, 4) is 11.5 Å². The summed E-state index contributed by atoms with van der Waals surface area (Å²) in [5.74, 6) is 0.782. The van der Waals surface area contributed by atoms with Crippen LogP contribution in [0.15, 0.2) is 30.3 Å². The minimum absolute atomic E-state index is 0.0385. The Morgan fingerprint density at radius 3 is 2.43 bits per heavy atom. The van der Waals surface area contributed by atoms with E-state index < -0.39 is 0 Å². The summed E-state index contributed by atoms with van der Waals surface area (Å²) in [4.78, 5) is 23.9. The molecule has 1 aliphatic heterocycles. The summed E-state index contributed by atoms with van der Waals surface area (Å²) in [5.41, 5.74) is 2.85. The highest BCUT2D eigenvalue weighted by atomic mass is 35.5. The Labute approximate surface area is 168 Å². The van der Waals surface area contributed by atoms with E-state index in [1.165, 1.54) is 0 Å². The van der Waals surface area contributed by atoms with Crippen molar-refractivity contribution in [2.75, 3.05) is 35.7 Å². The molecule has 0 radical (unpaired) electrons. The maximum atomic E-state index is 12.4. The molecule has 0 saturated carbocycles. The first-order valence-electron chi connectivity index (χ1n) is 8.99. The summed E-state index contributed by atoms with van der Waals surface area (Å²) in [7, 11) is 0. The van der Waals surface area contributed by atoms with E-state index in [1.807, 2.05) is 19.1 Å². The average Bonchev–Trinajstić information content (AvgIpc) is 2.68. The molecule has 7 nitrogen and oxygen atoms in total. The van der Waals surface area contributed by atoms with E-state index in [-0.39, 0.29) is 18.4 Å². The van der Waals surface area contributed by atoms with E-state index in [2.05, 4.69) is 16.0 Å². The Morgan fingerprint density at radius 2 is 1.71 bits per heavy atom. The van der Waals surface area contributed by atoms with Gasteiger partial charge in [-0.2, -0.15) is 0 Å². The van der Waals surface area contributed by atoms with Crippen LogP contribution in [0.2, 0.25) is 5.02 Å². The second-order valence-corrected chi connectivity index (χ2v) is 6.72. The number of anilines is 3. The average molecular weight is 404 g/mol. The topological polar surface area (TPSA) is 88.7 Å². The Hall–Kier alpha value is -2.93. The van der Waals surface area contributed by atoms with Crippen LogP contribution in [0.5, 0.6) is 11.5 Å². The molecule has 1 heterocycles. The van der Waals surface area contributed by atoms with Gasteiger partial charge in [-0.15, -0.1) is 0 Å². The molecule has 0 fully saturated rings. The molecule has 3 N–H and O–H groups in total. The molecule has 0 unspecified atom stereocenters. The maximum Gasteiger partial charge on any atom is 0.243 e. The van der Waals surface area contributed by atoms with Crippen LogP contribution in [0, 0.1) is 6.92 Å². The lowest BCUT2D eigenvalue weighted by Crippen LogP contribution is -2.23. The third kappa shape index (κ3) is 4.86. The Balaban J connectivity index is 1.63. The zero-order chi connectivity index (χ0) is 20.1. The van der Waals surface area contributed by atoms with Crippen molar-refractivity contribution in [2.24, 2.45) is 0 Å². The lowest BCUT2D eigenvalue weighted by atomic mass is 10.1. The fourth-order valence-corrected chi connectivity index (χ4v) is 2.87. The van der Waals surface area contributed by atoms with E-state index in [1.54, 1.807) is 25.1 Å². The first-order valence-corrected chi connectivity index (χ1v) is 9.37. The number of hydrogen-bond acceptors (Lipinski definition) is 5. The van der Waals surface area contributed by atoms with Crippen LogP contribution >= 0.6 is 11.6 Å². The molecule has 8 heteroatoms. The van der Waals surface area contributed by atoms with Crippen LogP contribution in [-0.4, -0.2) is 31.6 Å². The van der Waals surface area contributed by atoms with E-state index in [0.29, 0.717) is 47.5 Å². The number of carbonyl (C=O) groups excluding carboxylic acids is 2. The maximum absolute atomic E-state index is 12.4. The molecule has 0 aliphatic carbocycles. The van der Waals surface area contributed by atoms with Crippen molar-refractivity contribution < 1.29 is 19.1 Å². The Bertz CT molecular complexity index is 901. The van der Waals surface area contributed by atoms with Gasteiger partial charge in [0.1, 0.15) is 13.2 Å². The molecule has 148 valence electrons. The van der Waals surface area contributed by atoms with Crippen molar-refractivity contribution in [1.29, 1.82) is 0 Å². The van der Waals surface area contributed by atoms with Crippen molar-refractivity contribution in [3.05, 3.63) is 40.9 Å². The molecule has 0 bridgehead atoms. The van der Waals surface area contributed by atoms with E-state index >= 15 is 0 Å². The highest BCUT2D eigenvalue weighted by Gasteiger charge is 2.16. The van der Waals surface area contributed by atoms with Gasteiger partial charge in [-0.25, -0.2) is 0 Å². The molecule has 2 aromatic rings. The van der Waals surface area contributed by atoms with Gasteiger partial charge in [0.2, 0.25) is 11.8 Å². The number of aryl methyl sites for hydroxylation is 1. The van der Waals surface area contributed by atoms with Crippen LogP contribution in [0.3, 0.4) is 0 Å². The molecule has 1 aliphatic rings. The summed E-state index contributed by atoms with van der Waals surface area (Å²) in [6.45, 7) is 4.67. The molecule has 0 spiro atoms. The molecule has 2 aromatic carbocycles. The van der Waals surface area contributed by atoms with E-state index in [0.717, 1.165) is 11.3 Å². The fraction of sp³-hybridized carbons (Fsp3) is 0.300. The molecular weight excluding hydrogens is 382 g/mol. The van der Waals surface area contributed by atoms with Gasteiger partial charge in [-0.1, -0.05) is 24.6 Å². The third-order valence-corrected chi connectivity index (χ3v) is 4.50. The van der Waals surface area contributed by atoms with E-state index in [4.69, 9.17) is 21.1 Å². The number of amides is 2. The van der Waals surface area contributed by atoms with Gasteiger partial charge in [0.05, 0.1) is 17.3 Å². The predicted octanol–water partition coefficient (Wildman–Crippen LogP) is 3.82. The highest BCUT2D eigenvalue weighted by Crippen LogP contribution is 2.37. The molecule has 3 rings (SSSR count). The summed E-state index contributed by atoms with van der Waals surface area (Å²) < 4.78 is 11.0. The number of benzene rings is 2. The predicted molar refractivity (Wildman–Crippen MR) is 110 cm³/mol.